The van der Waals surface area contributed by atoms with E-state index in [4.69, 9.17) is 27.3 Å². The number of nitrogen functional groups attached to an aromatic ring is 1. The Kier molecular flexibility index (Phi) is 3.53. The lowest BCUT2D eigenvalue weighted by molar-refractivity contribution is 0.399. The lowest BCUT2D eigenvalue weighted by Gasteiger charge is -2.08. The topological polar surface area (TPSA) is 87.9 Å². The average Bonchev–Trinajstić information content (AvgIpc) is 2.75. The number of benzene rings is 1. The van der Waals surface area contributed by atoms with Gasteiger partial charge in [-0.1, -0.05) is 16.8 Å². The Balaban J connectivity index is 2.14. The van der Waals surface area contributed by atoms with E-state index in [1.165, 1.54) is 6.21 Å². The van der Waals surface area contributed by atoms with E-state index in [0.717, 1.165) is 11.3 Å². The summed E-state index contributed by atoms with van der Waals surface area (Å²) in [6.07, 6.45) is 1.18. The Morgan fingerprint density at radius 2 is 2.28 bits per heavy atom. The summed E-state index contributed by atoms with van der Waals surface area (Å²) in [5.74, 6) is 1.39. The van der Waals surface area contributed by atoms with Gasteiger partial charge >= 0.3 is 0 Å². The molecule has 94 valence electrons. The van der Waals surface area contributed by atoms with Gasteiger partial charge in [0.05, 0.1) is 0 Å². The van der Waals surface area contributed by atoms with Crippen LogP contribution in [0, 0.1) is 12.3 Å². The molecule has 2 rings (SSSR count). The van der Waals surface area contributed by atoms with Gasteiger partial charge in [-0.3, -0.25) is 0 Å². The minimum absolute atomic E-state index is 0.493. The van der Waals surface area contributed by atoms with E-state index in [0.29, 0.717) is 28.6 Å². The Labute approximate surface area is 109 Å². The van der Waals surface area contributed by atoms with Gasteiger partial charge in [0.2, 0.25) is 0 Å². The first kappa shape index (κ1) is 12.4. The van der Waals surface area contributed by atoms with Gasteiger partial charge in [-0.05, 0) is 24.6 Å². The second-order valence-electron chi connectivity index (χ2n) is 3.89. The van der Waals surface area contributed by atoms with Crippen molar-refractivity contribution in [2.75, 3.05) is 11.1 Å². The summed E-state index contributed by atoms with van der Waals surface area (Å²) >= 11 is 6.11. The third kappa shape index (κ3) is 2.62. The molecule has 0 radical (unpaired) electrons. The molecule has 0 bridgehead atoms. The molecule has 0 fully saturated rings. The summed E-state index contributed by atoms with van der Waals surface area (Å²) < 4.78 is 4.94. The molecule has 0 saturated heterocycles. The van der Waals surface area contributed by atoms with E-state index in [9.17, 15) is 0 Å². The Morgan fingerprint density at radius 3 is 2.89 bits per heavy atom. The molecule has 0 aliphatic heterocycles. The highest BCUT2D eigenvalue weighted by Crippen LogP contribution is 2.23. The number of nitrogens with two attached hydrogens (primary N) is 1. The molecule has 1 heterocycles. The summed E-state index contributed by atoms with van der Waals surface area (Å²) in [6, 6.07) is 5.22. The van der Waals surface area contributed by atoms with Crippen molar-refractivity contribution in [3.8, 4) is 0 Å². The Hall–Kier alpha value is -2.01. The van der Waals surface area contributed by atoms with Crippen LogP contribution in [0.1, 0.15) is 16.9 Å². The molecule has 4 N–H and O–H groups in total. The maximum atomic E-state index is 7.19. The Morgan fingerprint density at radius 1 is 1.50 bits per heavy atom. The van der Waals surface area contributed by atoms with Crippen molar-refractivity contribution < 1.29 is 4.52 Å². The SMILES string of the molecule is Cc1cc(NCc2cc(N)c(C=N)cc2Cl)no1. The molecule has 0 aliphatic carbocycles. The molecule has 0 amide bonds. The molecular formula is C12H13ClN4O. The van der Waals surface area contributed by atoms with Crippen molar-refractivity contribution in [3.05, 3.63) is 40.1 Å². The number of hydrogen-bond acceptors (Lipinski definition) is 5. The summed E-state index contributed by atoms with van der Waals surface area (Å²) in [6.45, 7) is 2.31. The summed E-state index contributed by atoms with van der Waals surface area (Å²) in [4.78, 5) is 0. The zero-order valence-electron chi connectivity index (χ0n) is 9.83. The van der Waals surface area contributed by atoms with Crippen molar-refractivity contribution in [2.24, 2.45) is 0 Å². The normalized spacial score (nSPS) is 10.3. The quantitative estimate of drug-likeness (QED) is 0.585. The number of rotatable bonds is 4. The predicted molar refractivity (Wildman–Crippen MR) is 72.3 cm³/mol. The molecule has 1 aromatic carbocycles. The van der Waals surface area contributed by atoms with Gasteiger partial charge in [-0.2, -0.15) is 0 Å². The molecule has 5 nitrogen and oxygen atoms in total. The van der Waals surface area contributed by atoms with Crippen molar-refractivity contribution in [2.45, 2.75) is 13.5 Å². The van der Waals surface area contributed by atoms with E-state index < -0.39 is 0 Å². The Bertz CT molecular complexity index is 579. The molecule has 2 aromatic rings. The smallest absolute Gasteiger partial charge is 0.169 e. The second-order valence-corrected chi connectivity index (χ2v) is 4.30. The fourth-order valence-corrected chi connectivity index (χ4v) is 1.79. The van der Waals surface area contributed by atoms with Crippen LogP contribution in [0.5, 0.6) is 0 Å². The minimum atomic E-state index is 0.493. The summed E-state index contributed by atoms with van der Waals surface area (Å²) in [7, 11) is 0. The maximum Gasteiger partial charge on any atom is 0.169 e. The highest BCUT2D eigenvalue weighted by Gasteiger charge is 2.06. The fourth-order valence-electron chi connectivity index (χ4n) is 1.55. The van der Waals surface area contributed by atoms with Crippen LogP contribution in [-0.4, -0.2) is 11.4 Å². The number of anilines is 2. The molecular weight excluding hydrogens is 252 g/mol. The first-order chi connectivity index (χ1) is 8.60. The number of nitrogens with zero attached hydrogens (tertiary/aromatic N) is 1. The average molecular weight is 265 g/mol. The summed E-state index contributed by atoms with van der Waals surface area (Å²) in [5, 5.41) is 14.7. The van der Waals surface area contributed by atoms with Crippen molar-refractivity contribution in [3.63, 3.8) is 0 Å². The third-order valence-electron chi connectivity index (χ3n) is 2.50. The van der Waals surface area contributed by atoms with E-state index in [-0.39, 0.29) is 0 Å². The highest BCUT2D eigenvalue weighted by atomic mass is 35.5. The van der Waals surface area contributed by atoms with Crippen LogP contribution in [0.15, 0.2) is 22.7 Å². The van der Waals surface area contributed by atoms with Crippen LogP contribution in [0.4, 0.5) is 11.5 Å². The van der Waals surface area contributed by atoms with E-state index in [1.54, 1.807) is 18.2 Å². The van der Waals surface area contributed by atoms with E-state index in [2.05, 4.69) is 10.5 Å². The van der Waals surface area contributed by atoms with Crippen molar-refractivity contribution in [1.82, 2.24) is 5.16 Å². The lowest BCUT2D eigenvalue weighted by atomic mass is 10.1. The summed E-state index contributed by atoms with van der Waals surface area (Å²) in [5.41, 5.74) is 7.79. The third-order valence-corrected chi connectivity index (χ3v) is 2.85. The zero-order chi connectivity index (χ0) is 13.1. The molecule has 1 aromatic heterocycles. The van der Waals surface area contributed by atoms with Crippen LogP contribution in [0.2, 0.25) is 5.02 Å². The second kappa shape index (κ2) is 5.10. The first-order valence-electron chi connectivity index (χ1n) is 5.35. The maximum absolute atomic E-state index is 7.19. The highest BCUT2D eigenvalue weighted by molar-refractivity contribution is 6.31. The van der Waals surface area contributed by atoms with Crippen LogP contribution in [0.3, 0.4) is 0 Å². The zero-order valence-corrected chi connectivity index (χ0v) is 10.6. The van der Waals surface area contributed by atoms with Gasteiger partial charge in [0.25, 0.3) is 0 Å². The molecule has 0 unspecified atom stereocenters. The van der Waals surface area contributed by atoms with Crippen LogP contribution < -0.4 is 11.1 Å². The van der Waals surface area contributed by atoms with Crippen LogP contribution in [0.25, 0.3) is 0 Å². The van der Waals surface area contributed by atoms with Gasteiger partial charge in [0.15, 0.2) is 5.82 Å². The first-order valence-corrected chi connectivity index (χ1v) is 5.73. The number of nitrogens with one attached hydrogen (secondary N) is 2. The van der Waals surface area contributed by atoms with Crippen LogP contribution in [-0.2, 0) is 6.54 Å². The molecule has 6 heteroatoms. The molecule has 0 aliphatic rings. The van der Waals surface area contributed by atoms with Gasteiger partial charge in [-0.15, -0.1) is 0 Å². The van der Waals surface area contributed by atoms with Crippen molar-refractivity contribution in [1.29, 1.82) is 5.41 Å². The number of aryl methyl sites for hydroxylation is 1. The van der Waals surface area contributed by atoms with Gasteiger partial charge in [-0.25, -0.2) is 0 Å². The van der Waals surface area contributed by atoms with Gasteiger partial charge in [0.1, 0.15) is 5.76 Å². The number of halogens is 1. The predicted octanol–water partition coefficient (Wildman–Crippen LogP) is 2.83. The molecule has 18 heavy (non-hydrogen) atoms. The largest absolute Gasteiger partial charge is 0.398 e. The van der Waals surface area contributed by atoms with Crippen molar-refractivity contribution >= 4 is 29.3 Å². The number of aromatic nitrogens is 1. The van der Waals surface area contributed by atoms with Crippen LogP contribution >= 0.6 is 11.6 Å². The van der Waals surface area contributed by atoms with Gasteiger partial charge < -0.3 is 21.0 Å². The molecule has 0 atom stereocenters. The standard InChI is InChI=1S/C12H13ClN4O/c1-7-2-12(17-18-7)16-6-9-4-11(15)8(5-14)3-10(9)13/h2-5,14H,6,15H2,1H3,(H,16,17). The molecule has 0 saturated carbocycles. The lowest BCUT2D eigenvalue weighted by Crippen LogP contribution is -2.03. The van der Waals surface area contributed by atoms with E-state index in [1.807, 2.05) is 6.92 Å². The van der Waals surface area contributed by atoms with E-state index >= 15 is 0 Å². The number of hydrogen-bond donors (Lipinski definition) is 3. The minimum Gasteiger partial charge on any atom is -0.398 e. The fraction of sp³-hybridized carbons (Fsp3) is 0.167. The monoisotopic (exact) mass is 264 g/mol. The van der Waals surface area contributed by atoms with Gasteiger partial charge in [0, 0.05) is 35.1 Å². The molecule has 0 spiro atoms.